The molecule has 110 valence electrons. The molecule has 0 radical (unpaired) electrons. The van der Waals surface area contributed by atoms with E-state index in [1.54, 1.807) is 6.07 Å². The van der Waals surface area contributed by atoms with E-state index >= 15 is 0 Å². The molecule has 0 saturated carbocycles. The highest BCUT2D eigenvalue weighted by atomic mass is 32.2. The van der Waals surface area contributed by atoms with E-state index in [2.05, 4.69) is 60.1 Å². The molecule has 0 aliphatic carbocycles. The average molecular weight is 307 g/mol. The summed E-state index contributed by atoms with van der Waals surface area (Å²) in [6.07, 6.45) is 2.13. The Labute approximate surface area is 134 Å². The number of phenolic OH excluding ortho intramolecular Hbond substituents is 1. The largest absolute Gasteiger partial charge is 0.506 e. The van der Waals surface area contributed by atoms with Gasteiger partial charge in [-0.2, -0.15) is 11.8 Å². The lowest BCUT2D eigenvalue weighted by Crippen LogP contribution is -2.09. The lowest BCUT2D eigenvalue weighted by molar-refractivity contribution is 0.477. The van der Waals surface area contributed by atoms with Crippen LogP contribution in [0.2, 0.25) is 0 Å². The molecule has 0 aromatic heterocycles. The fourth-order valence-corrected chi connectivity index (χ4v) is 4.33. The summed E-state index contributed by atoms with van der Waals surface area (Å²) in [6, 6.07) is 20.9. The standard InChI is InChI=1S/C19H17NOS/c1-22-19-15-10-5-11-16(21)17(15)20-18(19)14-9-4-7-12-6-2-3-8-13(12)14/h2-11,18-21H,1H3. The Balaban J connectivity index is 1.88. The maximum Gasteiger partial charge on any atom is 0.139 e. The third-order valence-electron chi connectivity index (χ3n) is 4.40. The fraction of sp³-hybridized carbons (Fsp3) is 0.158. The number of hydrogen-bond donors (Lipinski definition) is 2. The van der Waals surface area contributed by atoms with Gasteiger partial charge in [-0.05, 0) is 34.2 Å². The van der Waals surface area contributed by atoms with Gasteiger partial charge < -0.3 is 10.4 Å². The molecule has 1 aliphatic rings. The number of nitrogens with one attached hydrogen (secondary N) is 1. The Hall–Kier alpha value is -2.13. The highest BCUT2D eigenvalue weighted by molar-refractivity contribution is 7.98. The zero-order valence-electron chi connectivity index (χ0n) is 12.3. The number of rotatable bonds is 2. The van der Waals surface area contributed by atoms with Crippen LogP contribution in [0.1, 0.15) is 22.4 Å². The van der Waals surface area contributed by atoms with E-state index in [4.69, 9.17) is 0 Å². The van der Waals surface area contributed by atoms with Gasteiger partial charge >= 0.3 is 0 Å². The van der Waals surface area contributed by atoms with Crippen molar-refractivity contribution in [2.75, 3.05) is 11.6 Å². The lowest BCUT2D eigenvalue weighted by Gasteiger charge is -2.21. The van der Waals surface area contributed by atoms with Crippen LogP contribution in [0.5, 0.6) is 5.75 Å². The Morgan fingerprint density at radius 2 is 1.64 bits per heavy atom. The van der Waals surface area contributed by atoms with Crippen molar-refractivity contribution in [2.24, 2.45) is 0 Å². The molecule has 2 unspecified atom stereocenters. The topological polar surface area (TPSA) is 32.3 Å². The van der Waals surface area contributed by atoms with Gasteiger partial charge in [0, 0.05) is 0 Å². The van der Waals surface area contributed by atoms with Crippen molar-refractivity contribution < 1.29 is 5.11 Å². The van der Waals surface area contributed by atoms with E-state index in [9.17, 15) is 5.11 Å². The van der Waals surface area contributed by atoms with Gasteiger partial charge in [0.2, 0.25) is 0 Å². The summed E-state index contributed by atoms with van der Waals surface area (Å²) in [7, 11) is 0. The van der Waals surface area contributed by atoms with Gasteiger partial charge in [-0.1, -0.05) is 54.6 Å². The number of fused-ring (bicyclic) bond motifs is 2. The van der Waals surface area contributed by atoms with Crippen molar-refractivity contribution in [3.63, 3.8) is 0 Å². The Kier molecular flexibility index (Phi) is 3.23. The first kappa shape index (κ1) is 13.5. The van der Waals surface area contributed by atoms with Crippen LogP contribution in [-0.2, 0) is 0 Å². The van der Waals surface area contributed by atoms with Gasteiger partial charge in [-0.25, -0.2) is 0 Å². The van der Waals surface area contributed by atoms with Crippen LogP contribution in [0.4, 0.5) is 5.69 Å². The van der Waals surface area contributed by atoms with Gasteiger partial charge in [0.15, 0.2) is 0 Å². The molecule has 3 aromatic carbocycles. The fourth-order valence-electron chi connectivity index (χ4n) is 3.39. The van der Waals surface area contributed by atoms with Crippen LogP contribution < -0.4 is 5.32 Å². The number of phenols is 1. The number of aromatic hydroxyl groups is 1. The van der Waals surface area contributed by atoms with E-state index < -0.39 is 0 Å². The Bertz CT molecular complexity index is 840. The highest BCUT2D eigenvalue weighted by Crippen LogP contribution is 2.52. The van der Waals surface area contributed by atoms with Crippen LogP contribution in [0.15, 0.2) is 60.7 Å². The first-order valence-corrected chi connectivity index (χ1v) is 8.67. The van der Waals surface area contributed by atoms with Gasteiger partial charge in [0.1, 0.15) is 5.75 Å². The normalized spacial score (nSPS) is 19.9. The molecule has 3 heteroatoms. The zero-order chi connectivity index (χ0) is 15.1. The Morgan fingerprint density at radius 3 is 2.50 bits per heavy atom. The number of benzene rings is 3. The molecule has 0 amide bonds. The second-order valence-electron chi connectivity index (χ2n) is 5.59. The van der Waals surface area contributed by atoms with Crippen molar-refractivity contribution >= 4 is 28.2 Å². The van der Waals surface area contributed by atoms with Crippen molar-refractivity contribution in [1.82, 2.24) is 0 Å². The van der Waals surface area contributed by atoms with E-state index in [-0.39, 0.29) is 6.04 Å². The summed E-state index contributed by atoms with van der Waals surface area (Å²) < 4.78 is 0. The first-order chi connectivity index (χ1) is 10.8. The highest BCUT2D eigenvalue weighted by Gasteiger charge is 2.34. The Morgan fingerprint density at radius 1 is 0.909 bits per heavy atom. The molecular formula is C19H17NOS. The lowest BCUT2D eigenvalue weighted by atomic mass is 9.96. The molecule has 0 spiro atoms. The maximum absolute atomic E-state index is 10.2. The minimum Gasteiger partial charge on any atom is -0.506 e. The summed E-state index contributed by atoms with van der Waals surface area (Å²) >= 11 is 1.82. The summed E-state index contributed by atoms with van der Waals surface area (Å²) in [4.78, 5) is 0. The zero-order valence-corrected chi connectivity index (χ0v) is 13.1. The molecule has 3 aromatic rings. The summed E-state index contributed by atoms with van der Waals surface area (Å²) in [6.45, 7) is 0. The van der Waals surface area contributed by atoms with Gasteiger partial charge in [-0.15, -0.1) is 0 Å². The predicted octanol–water partition coefficient (Wildman–Crippen LogP) is 5.12. The molecule has 2 nitrogen and oxygen atoms in total. The third-order valence-corrected chi connectivity index (χ3v) is 5.43. The monoisotopic (exact) mass is 307 g/mol. The second-order valence-corrected chi connectivity index (χ2v) is 6.57. The molecule has 1 aliphatic heterocycles. The van der Waals surface area contributed by atoms with Crippen molar-refractivity contribution in [3.05, 3.63) is 71.8 Å². The summed E-state index contributed by atoms with van der Waals surface area (Å²) in [5, 5.41) is 16.5. The molecule has 4 rings (SSSR count). The van der Waals surface area contributed by atoms with Crippen molar-refractivity contribution in [2.45, 2.75) is 11.3 Å². The number of hydrogen-bond acceptors (Lipinski definition) is 3. The van der Waals surface area contributed by atoms with E-state index in [1.807, 2.05) is 17.8 Å². The van der Waals surface area contributed by atoms with Gasteiger partial charge in [0.25, 0.3) is 0 Å². The van der Waals surface area contributed by atoms with Gasteiger partial charge in [0.05, 0.1) is 17.0 Å². The molecule has 0 fully saturated rings. The summed E-state index contributed by atoms with van der Waals surface area (Å²) in [5.74, 6) is 0.333. The molecule has 0 bridgehead atoms. The molecule has 22 heavy (non-hydrogen) atoms. The average Bonchev–Trinajstić information content (AvgIpc) is 2.94. The maximum atomic E-state index is 10.2. The number of thioether (sulfide) groups is 1. The van der Waals surface area contributed by atoms with Crippen LogP contribution in [-0.4, -0.2) is 11.4 Å². The third kappa shape index (κ3) is 1.97. The van der Waals surface area contributed by atoms with Crippen LogP contribution in [0, 0.1) is 0 Å². The van der Waals surface area contributed by atoms with Gasteiger partial charge in [-0.3, -0.25) is 0 Å². The number of para-hydroxylation sites is 1. The SMILES string of the molecule is CSC1c2cccc(O)c2NC1c1cccc2ccccc12. The van der Waals surface area contributed by atoms with Crippen LogP contribution >= 0.6 is 11.8 Å². The summed E-state index contributed by atoms with van der Waals surface area (Å²) in [5.41, 5.74) is 3.35. The molecular weight excluding hydrogens is 290 g/mol. The molecule has 2 N–H and O–H groups in total. The quantitative estimate of drug-likeness (QED) is 0.645. The van der Waals surface area contributed by atoms with Crippen LogP contribution in [0.25, 0.3) is 10.8 Å². The molecule has 0 saturated heterocycles. The predicted molar refractivity (Wildman–Crippen MR) is 94.7 cm³/mol. The molecule has 2 atom stereocenters. The van der Waals surface area contributed by atoms with Crippen LogP contribution in [0.3, 0.4) is 0 Å². The smallest absolute Gasteiger partial charge is 0.139 e. The first-order valence-electron chi connectivity index (χ1n) is 7.38. The van der Waals surface area contributed by atoms with Crippen molar-refractivity contribution in [1.29, 1.82) is 0 Å². The van der Waals surface area contributed by atoms with E-state index in [0.717, 1.165) is 5.69 Å². The molecule has 1 heterocycles. The second kappa shape index (κ2) is 5.25. The van der Waals surface area contributed by atoms with E-state index in [1.165, 1.54) is 21.9 Å². The minimum absolute atomic E-state index is 0.171. The minimum atomic E-state index is 0.171. The van der Waals surface area contributed by atoms with E-state index in [0.29, 0.717) is 11.0 Å². The van der Waals surface area contributed by atoms with Crippen molar-refractivity contribution in [3.8, 4) is 5.75 Å². The number of anilines is 1.